The summed E-state index contributed by atoms with van der Waals surface area (Å²) in [5.41, 5.74) is 7.24. The number of rotatable bonds is 3. The second-order valence-corrected chi connectivity index (χ2v) is 6.85. The largest absolute Gasteiger partial charge is 0.486 e. The monoisotopic (exact) mass is 354 g/mol. The van der Waals surface area contributed by atoms with E-state index >= 15 is 0 Å². The van der Waals surface area contributed by atoms with Crippen LogP contribution in [0.15, 0.2) is 12.1 Å². The summed E-state index contributed by atoms with van der Waals surface area (Å²) >= 11 is 0. The first-order valence-corrected chi connectivity index (χ1v) is 9.50. The highest BCUT2D eigenvalue weighted by Gasteiger charge is 2.29. The van der Waals surface area contributed by atoms with Crippen LogP contribution in [0.2, 0.25) is 0 Å². The van der Waals surface area contributed by atoms with E-state index in [0.717, 1.165) is 47.0 Å². The molecule has 0 aliphatic carbocycles. The normalized spacial score (nSPS) is 15.1. The lowest BCUT2D eigenvalue weighted by Crippen LogP contribution is -2.19. The molecule has 2 heterocycles. The number of hydrogen-bond donors (Lipinski definition) is 0. The van der Waals surface area contributed by atoms with Crippen LogP contribution in [0.4, 0.5) is 0 Å². The number of ether oxygens (including phenoxy) is 4. The van der Waals surface area contributed by atoms with Gasteiger partial charge >= 0.3 is 0 Å². The highest BCUT2D eigenvalue weighted by molar-refractivity contribution is 5.87. The Hall–Kier alpha value is -2.36. The quantitative estimate of drug-likeness (QED) is 0.805. The lowest BCUT2D eigenvalue weighted by Gasteiger charge is -2.29. The Bertz CT molecular complexity index is 783. The molecule has 2 aliphatic rings. The van der Waals surface area contributed by atoms with E-state index in [1.807, 2.05) is 0 Å². The number of benzene rings is 2. The molecule has 2 aliphatic heterocycles. The molecule has 0 bridgehead atoms. The van der Waals surface area contributed by atoms with Crippen LogP contribution >= 0.6 is 0 Å². The molecule has 0 amide bonds. The van der Waals surface area contributed by atoms with Gasteiger partial charge in [-0.25, -0.2) is 0 Å². The summed E-state index contributed by atoms with van der Waals surface area (Å²) in [6.07, 6.45) is 1.84. The molecular formula is C22H26O4. The van der Waals surface area contributed by atoms with E-state index in [9.17, 15) is 0 Å². The van der Waals surface area contributed by atoms with Gasteiger partial charge in [-0.05, 0) is 61.1 Å². The van der Waals surface area contributed by atoms with Gasteiger partial charge in [0.15, 0.2) is 23.0 Å². The summed E-state index contributed by atoms with van der Waals surface area (Å²) in [6, 6.07) is 4.20. The lowest BCUT2D eigenvalue weighted by molar-refractivity contribution is 0.169. The van der Waals surface area contributed by atoms with Crippen LogP contribution in [-0.2, 0) is 12.8 Å². The maximum atomic E-state index is 6.12. The van der Waals surface area contributed by atoms with Crippen molar-refractivity contribution in [1.82, 2.24) is 0 Å². The van der Waals surface area contributed by atoms with Gasteiger partial charge in [-0.15, -0.1) is 0 Å². The molecule has 0 atom stereocenters. The van der Waals surface area contributed by atoms with Crippen molar-refractivity contribution in [3.8, 4) is 34.1 Å². The van der Waals surface area contributed by atoms with Crippen molar-refractivity contribution in [3.63, 3.8) is 0 Å². The summed E-state index contributed by atoms with van der Waals surface area (Å²) in [5.74, 6) is 3.34. The molecule has 2 aromatic rings. The third kappa shape index (κ3) is 2.59. The fourth-order valence-electron chi connectivity index (χ4n) is 4.15. The van der Waals surface area contributed by atoms with Gasteiger partial charge in [-0.2, -0.15) is 0 Å². The van der Waals surface area contributed by atoms with Crippen LogP contribution in [0.25, 0.3) is 11.1 Å². The molecule has 0 saturated heterocycles. The van der Waals surface area contributed by atoms with Gasteiger partial charge in [0, 0.05) is 11.1 Å². The van der Waals surface area contributed by atoms with Gasteiger partial charge in [-0.3, -0.25) is 0 Å². The number of aryl methyl sites for hydroxylation is 2. The van der Waals surface area contributed by atoms with Crippen LogP contribution in [0.3, 0.4) is 0 Å². The van der Waals surface area contributed by atoms with E-state index in [1.54, 1.807) is 0 Å². The Kier molecular flexibility index (Phi) is 4.43. The molecule has 4 heteroatoms. The topological polar surface area (TPSA) is 36.9 Å². The SMILES string of the molecule is CCc1c(C)cc2c(c1-c1c(CC)c(C)cc3c1OCCO3)OCCO2. The van der Waals surface area contributed by atoms with Crippen LogP contribution < -0.4 is 18.9 Å². The zero-order chi connectivity index (χ0) is 18.3. The summed E-state index contributed by atoms with van der Waals surface area (Å²) in [6.45, 7) is 11.0. The molecule has 0 aromatic heterocycles. The van der Waals surface area contributed by atoms with Crippen LogP contribution in [-0.4, -0.2) is 26.4 Å². The summed E-state index contributed by atoms with van der Waals surface area (Å²) < 4.78 is 24.1. The van der Waals surface area contributed by atoms with Crippen molar-refractivity contribution in [2.45, 2.75) is 40.5 Å². The zero-order valence-corrected chi connectivity index (χ0v) is 16.0. The summed E-state index contributed by atoms with van der Waals surface area (Å²) in [4.78, 5) is 0. The minimum Gasteiger partial charge on any atom is -0.486 e. The summed E-state index contributed by atoms with van der Waals surface area (Å²) in [7, 11) is 0. The van der Waals surface area contributed by atoms with Gasteiger partial charge < -0.3 is 18.9 Å². The Balaban J connectivity index is 2.10. The molecule has 4 rings (SSSR count). The fourth-order valence-corrected chi connectivity index (χ4v) is 4.15. The average molecular weight is 354 g/mol. The predicted molar refractivity (Wildman–Crippen MR) is 102 cm³/mol. The van der Waals surface area contributed by atoms with Crippen molar-refractivity contribution < 1.29 is 18.9 Å². The molecule has 0 spiro atoms. The average Bonchev–Trinajstić information content (AvgIpc) is 2.66. The predicted octanol–water partition coefficient (Wildman–Crippen LogP) is 4.64. The van der Waals surface area contributed by atoms with Crippen molar-refractivity contribution in [2.75, 3.05) is 26.4 Å². The maximum Gasteiger partial charge on any atom is 0.169 e. The number of hydrogen-bond acceptors (Lipinski definition) is 4. The van der Waals surface area contributed by atoms with Crippen LogP contribution in [0.1, 0.15) is 36.1 Å². The fraction of sp³-hybridized carbons (Fsp3) is 0.455. The minimum atomic E-state index is 0.568. The van der Waals surface area contributed by atoms with Crippen LogP contribution in [0.5, 0.6) is 23.0 Å². The smallest absolute Gasteiger partial charge is 0.169 e. The maximum absolute atomic E-state index is 6.12. The molecule has 138 valence electrons. The van der Waals surface area contributed by atoms with E-state index in [-0.39, 0.29) is 0 Å². The summed E-state index contributed by atoms with van der Waals surface area (Å²) in [5, 5.41) is 0. The van der Waals surface area contributed by atoms with Crippen molar-refractivity contribution in [2.24, 2.45) is 0 Å². The number of fused-ring (bicyclic) bond motifs is 2. The second-order valence-electron chi connectivity index (χ2n) is 6.85. The third-order valence-electron chi connectivity index (χ3n) is 5.28. The van der Waals surface area contributed by atoms with Gasteiger partial charge in [0.05, 0.1) is 0 Å². The van der Waals surface area contributed by atoms with E-state index in [4.69, 9.17) is 18.9 Å². The molecule has 0 fully saturated rings. The van der Waals surface area contributed by atoms with Gasteiger partial charge in [0.25, 0.3) is 0 Å². The Morgan fingerprint density at radius 1 is 0.654 bits per heavy atom. The molecule has 0 saturated carbocycles. The van der Waals surface area contributed by atoms with E-state index in [1.165, 1.54) is 22.3 Å². The minimum absolute atomic E-state index is 0.568. The standard InChI is InChI=1S/C22H26O4/c1-5-15-13(3)11-17-21(25-9-7-23-17)19(15)20-16(6-2)14(4)12-18-22(20)26-10-8-24-18/h11-12H,5-10H2,1-4H3. The molecular weight excluding hydrogens is 328 g/mol. The van der Waals surface area contributed by atoms with E-state index < -0.39 is 0 Å². The van der Waals surface area contributed by atoms with Gasteiger partial charge in [0.1, 0.15) is 26.4 Å². The highest BCUT2D eigenvalue weighted by Crippen LogP contribution is 2.52. The third-order valence-corrected chi connectivity index (χ3v) is 5.28. The Morgan fingerprint density at radius 2 is 1.04 bits per heavy atom. The zero-order valence-electron chi connectivity index (χ0n) is 16.0. The molecule has 2 aromatic carbocycles. The molecule has 26 heavy (non-hydrogen) atoms. The Labute approximate surface area is 155 Å². The van der Waals surface area contributed by atoms with Gasteiger partial charge in [-0.1, -0.05) is 13.8 Å². The van der Waals surface area contributed by atoms with Crippen molar-refractivity contribution >= 4 is 0 Å². The first kappa shape index (κ1) is 17.1. The molecule has 0 N–H and O–H groups in total. The Morgan fingerprint density at radius 3 is 1.42 bits per heavy atom. The van der Waals surface area contributed by atoms with E-state index in [2.05, 4.69) is 39.8 Å². The van der Waals surface area contributed by atoms with E-state index in [0.29, 0.717) is 26.4 Å². The first-order chi connectivity index (χ1) is 12.7. The first-order valence-electron chi connectivity index (χ1n) is 9.50. The van der Waals surface area contributed by atoms with Gasteiger partial charge in [0.2, 0.25) is 0 Å². The second kappa shape index (κ2) is 6.75. The lowest BCUT2D eigenvalue weighted by atomic mass is 9.86. The molecule has 0 radical (unpaired) electrons. The van der Waals surface area contributed by atoms with Crippen molar-refractivity contribution in [1.29, 1.82) is 0 Å². The van der Waals surface area contributed by atoms with Crippen molar-refractivity contribution in [3.05, 3.63) is 34.4 Å². The molecule has 4 nitrogen and oxygen atoms in total. The molecule has 0 unspecified atom stereocenters. The van der Waals surface area contributed by atoms with Crippen LogP contribution in [0, 0.1) is 13.8 Å². The highest BCUT2D eigenvalue weighted by atomic mass is 16.6.